The molecule has 1 atom stereocenters. The Labute approximate surface area is 134 Å². The summed E-state index contributed by atoms with van der Waals surface area (Å²) in [6.07, 6.45) is 0.188. The first-order valence-electron chi connectivity index (χ1n) is 7.36. The van der Waals surface area contributed by atoms with Crippen molar-refractivity contribution < 1.29 is 9.59 Å². The number of carbonyl (C=O) groups is 2. The van der Waals surface area contributed by atoms with Gasteiger partial charge in [0.15, 0.2) is 0 Å². The average Bonchev–Trinajstić information content (AvgIpc) is 2.77. The lowest BCUT2D eigenvalue weighted by atomic mass is 10.2. The lowest BCUT2D eigenvalue weighted by Crippen LogP contribution is -2.55. The van der Waals surface area contributed by atoms with Crippen molar-refractivity contribution in [3.63, 3.8) is 0 Å². The molecule has 2 fully saturated rings. The van der Waals surface area contributed by atoms with Gasteiger partial charge in [-0.25, -0.2) is 15.3 Å². The standard InChI is InChI=1S/C15H19ClN4O2/c1-18-6-8-19(9-7-18)17-13-10-14(21)20(15(13)22)12-4-2-11(16)3-5-12/h2-5,13,17H,6-10H2,1H3. The minimum absolute atomic E-state index is 0.182. The van der Waals surface area contributed by atoms with Gasteiger partial charge in [-0.05, 0) is 31.3 Å². The number of anilines is 1. The molecular weight excluding hydrogens is 304 g/mol. The first-order valence-corrected chi connectivity index (χ1v) is 7.74. The molecule has 0 aliphatic carbocycles. The van der Waals surface area contributed by atoms with Crippen molar-refractivity contribution >= 4 is 29.1 Å². The van der Waals surface area contributed by atoms with Gasteiger partial charge in [0, 0.05) is 31.2 Å². The molecule has 0 radical (unpaired) electrons. The summed E-state index contributed by atoms with van der Waals surface area (Å²) in [6, 6.07) is 6.26. The van der Waals surface area contributed by atoms with Crippen LogP contribution in [0, 0.1) is 0 Å². The van der Waals surface area contributed by atoms with Gasteiger partial charge in [-0.15, -0.1) is 0 Å². The Balaban J connectivity index is 1.67. The van der Waals surface area contributed by atoms with Crippen LogP contribution in [0.25, 0.3) is 0 Å². The molecule has 3 rings (SSSR count). The average molecular weight is 323 g/mol. The van der Waals surface area contributed by atoms with Crippen LogP contribution in [0.4, 0.5) is 5.69 Å². The second kappa shape index (κ2) is 6.34. The fraction of sp³-hybridized carbons (Fsp3) is 0.467. The van der Waals surface area contributed by atoms with Crippen molar-refractivity contribution in [2.24, 2.45) is 0 Å². The number of nitrogens with zero attached hydrogens (tertiary/aromatic N) is 3. The van der Waals surface area contributed by atoms with E-state index in [1.807, 2.05) is 5.01 Å². The molecule has 1 aromatic rings. The molecule has 118 valence electrons. The zero-order valence-electron chi connectivity index (χ0n) is 12.5. The second-order valence-corrected chi connectivity index (χ2v) is 6.16. The van der Waals surface area contributed by atoms with E-state index in [0.717, 1.165) is 26.2 Å². The topological polar surface area (TPSA) is 55.9 Å². The van der Waals surface area contributed by atoms with E-state index in [0.29, 0.717) is 10.7 Å². The smallest absolute Gasteiger partial charge is 0.252 e. The van der Waals surface area contributed by atoms with E-state index in [-0.39, 0.29) is 18.2 Å². The highest BCUT2D eigenvalue weighted by Gasteiger charge is 2.40. The number of amides is 2. The Morgan fingerprint density at radius 3 is 2.36 bits per heavy atom. The van der Waals surface area contributed by atoms with E-state index in [1.54, 1.807) is 24.3 Å². The molecule has 7 heteroatoms. The number of piperazine rings is 1. The summed E-state index contributed by atoms with van der Waals surface area (Å²) in [4.78, 5) is 28.2. The first kappa shape index (κ1) is 15.4. The van der Waals surface area contributed by atoms with Gasteiger partial charge in [-0.3, -0.25) is 9.59 Å². The molecule has 1 unspecified atom stereocenters. The maximum absolute atomic E-state index is 12.5. The normalized spacial score (nSPS) is 24.3. The molecule has 2 aliphatic rings. The number of benzene rings is 1. The third-order valence-electron chi connectivity index (χ3n) is 4.07. The van der Waals surface area contributed by atoms with Gasteiger partial charge in [0.1, 0.15) is 6.04 Å². The number of halogens is 1. The van der Waals surface area contributed by atoms with Crippen molar-refractivity contribution in [3.8, 4) is 0 Å². The van der Waals surface area contributed by atoms with Crippen LogP contribution in [-0.2, 0) is 9.59 Å². The summed E-state index contributed by atoms with van der Waals surface area (Å²) >= 11 is 5.85. The highest BCUT2D eigenvalue weighted by atomic mass is 35.5. The number of hydrazine groups is 1. The van der Waals surface area contributed by atoms with E-state index < -0.39 is 6.04 Å². The molecule has 2 aliphatic heterocycles. The number of imide groups is 1. The van der Waals surface area contributed by atoms with E-state index in [4.69, 9.17) is 11.6 Å². The number of rotatable bonds is 3. The van der Waals surface area contributed by atoms with E-state index >= 15 is 0 Å². The zero-order chi connectivity index (χ0) is 15.7. The van der Waals surface area contributed by atoms with Crippen molar-refractivity contribution in [2.75, 3.05) is 38.1 Å². The van der Waals surface area contributed by atoms with Gasteiger partial charge < -0.3 is 4.90 Å². The molecule has 0 bridgehead atoms. The summed E-state index contributed by atoms with van der Waals surface area (Å²) in [5.74, 6) is -0.384. The van der Waals surface area contributed by atoms with E-state index in [2.05, 4.69) is 17.4 Å². The minimum atomic E-state index is -0.480. The van der Waals surface area contributed by atoms with Gasteiger partial charge in [0.2, 0.25) is 5.91 Å². The summed E-state index contributed by atoms with van der Waals surface area (Å²) in [7, 11) is 2.07. The van der Waals surface area contributed by atoms with Crippen LogP contribution in [0.5, 0.6) is 0 Å². The van der Waals surface area contributed by atoms with Crippen LogP contribution < -0.4 is 10.3 Å². The third-order valence-corrected chi connectivity index (χ3v) is 4.33. The molecule has 6 nitrogen and oxygen atoms in total. The SMILES string of the molecule is CN1CCN(NC2CC(=O)N(c3ccc(Cl)cc3)C2=O)CC1. The highest BCUT2D eigenvalue weighted by Crippen LogP contribution is 2.24. The minimum Gasteiger partial charge on any atom is -0.304 e. The van der Waals surface area contributed by atoms with Gasteiger partial charge in [-0.1, -0.05) is 11.6 Å². The van der Waals surface area contributed by atoms with Crippen molar-refractivity contribution in [2.45, 2.75) is 12.5 Å². The zero-order valence-corrected chi connectivity index (χ0v) is 13.2. The summed E-state index contributed by atoms with van der Waals surface area (Å²) in [5, 5.41) is 2.61. The van der Waals surface area contributed by atoms with Gasteiger partial charge in [0.05, 0.1) is 12.1 Å². The Bertz CT molecular complexity index is 569. The molecule has 2 heterocycles. The predicted octanol–water partition coefficient (Wildman–Crippen LogP) is 0.724. The number of nitrogens with one attached hydrogen (secondary N) is 1. The van der Waals surface area contributed by atoms with Crippen LogP contribution in [0.15, 0.2) is 24.3 Å². The Kier molecular flexibility index (Phi) is 4.44. The van der Waals surface area contributed by atoms with Crippen molar-refractivity contribution in [1.29, 1.82) is 0 Å². The molecular formula is C15H19ClN4O2. The molecule has 0 saturated carbocycles. The number of hydrogen-bond acceptors (Lipinski definition) is 5. The van der Waals surface area contributed by atoms with Crippen LogP contribution in [-0.4, -0.2) is 61.0 Å². The molecule has 2 amide bonds. The van der Waals surface area contributed by atoms with Gasteiger partial charge in [0.25, 0.3) is 5.91 Å². The third kappa shape index (κ3) is 3.15. The molecule has 1 aromatic carbocycles. The van der Waals surface area contributed by atoms with Crippen LogP contribution in [0.2, 0.25) is 5.02 Å². The Morgan fingerprint density at radius 2 is 1.73 bits per heavy atom. The molecule has 0 aromatic heterocycles. The van der Waals surface area contributed by atoms with Crippen molar-refractivity contribution in [1.82, 2.24) is 15.3 Å². The quantitative estimate of drug-likeness (QED) is 0.831. The molecule has 0 spiro atoms. The van der Waals surface area contributed by atoms with Crippen molar-refractivity contribution in [3.05, 3.63) is 29.3 Å². The van der Waals surface area contributed by atoms with Gasteiger partial charge in [-0.2, -0.15) is 0 Å². The summed E-state index contributed by atoms with van der Waals surface area (Å²) in [6.45, 7) is 3.58. The maximum Gasteiger partial charge on any atom is 0.252 e. The fourth-order valence-electron chi connectivity index (χ4n) is 2.75. The molecule has 22 heavy (non-hydrogen) atoms. The predicted molar refractivity (Wildman–Crippen MR) is 84.6 cm³/mol. The van der Waals surface area contributed by atoms with E-state index in [9.17, 15) is 9.59 Å². The highest BCUT2D eigenvalue weighted by molar-refractivity contribution is 6.30. The second-order valence-electron chi connectivity index (χ2n) is 5.72. The summed E-state index contributed by atoms with van der Waals surface area (Å²) in [5.41, 5.74) is 3.77. The first-order chi connectivity index (χ1) is 10.5. The lowest BCUT2D eigenvalue weighted by Gasteiger charge is -2.33. The largest absolute Gasteiger partial charge is 0.304 e. The Hall–Kier alpha value is -1.47. The molecule has 2 saturated heterocycles. The number of hydrogen-bond donors (Lipinski definition) is 1. The van der Waals surface area contributed by atoms with Crippen LogP contribution in [0.1, 0.15) is 6.42 Å². The molecule has 1 N–H and O–H groups in total. The van der Waals surface area contributed by atoms with Crippen LogP contribution >= 0.6 is 11.6 Å². The maximum atomic E-state index is 12.5. The van der Waals surface area contributed by atoms with E-state index in [1.165, 1.54) is 4.90 Å². The fourth-order valence-corrected chi connectivity index (χ4v) is 2.88. The Morgan fingerprint density at radius 1 is 1.09 bits per heavy atom. The number of likely N-dealkylation sites (N-methyl/N-ethyl adjacent to an activating group) is 1. The monoisotopic (exact) mass is 322 g/mol. The lowest BCUT2D eigenvalue weighted by molar-refractivity contribution is -0.122. The van der Waals surface area contributed by atoms with Gasteiger partial charge >= 0.3 is 0 Å². The number of carbonyl (C=O) groups excluding carboxylic acids is 2. The van der Waals surface area contributed by atoms with Crippen LogP contribution in [0.3, 0.4) is 0 Å². The summed E-state index contributed by atoms with van der Waals surface area (Å²) < 4.78 is 0.